The predicted octanol–water partition coefficient (Wildman–Crippen LogP) is 5.48. The molecule has 34 heavy (non-hydrogen) atoms. The monoisotopic (exact) mass is 472 g/mol. The van der Waals surface area contributed by atoms with E-state index >= 15 is 0 Å². The van der Waals surface area contributed by atoms with Crippen LogP contribution in [0.25, 0.3) is 22.2 Å². The van der Waals surface area contributed by atoms with Gasteiger partial charge in [0.2, 0.25) is 5.91 Å². The lowest BCUT2D eigenvalue weighted by Gasteiger charge is -2.28. The van der Waals surface area contributed by atoms with Crippen molar-refractivity contribution in [2.24, 2.45) is 0 Å². The first-order valence-corrected chi connectivity index (χ1v) is 12.3. The number of halogens is 1. The molecule has 1 N–H and O–H groups in total. The summed E-state index contributed by atoms with van der Waals surface area (Å²) >= 11 is 6.29. The number of hydrogen-bond acceptors (Lipinski definition) is 3. The van der Waals surface area contributed by atoms with Gasteiger partial charge in [0.15, 0.2) is 0 Å². The van der Waals surface area contributed by atoms with E-state index in [0.717, 1.165) is 54.6 Å². The number of hydrogen-bond donors (Lipinski definition) is 1. The highest BCUT2D eigenvalue weighted by atomic mass is 35.5. The molecular formula is C28H29ClN4O. The number of nitrogens with one attached hydrogen (secondary N) is 1. The summed E-state index contributed by atoms with van der Waals surface area (Å²) < 4.78 is 1.81. The number of nitrogens with zero attached hydrogens (tertiary/aromatic N) is 3. The highest BCUT2D eigenvalue weighted by Gasteiger charge is 2.21. The van der Waals surface area contributed by atoms with Gasteiger partial charge in [0.25, 0.3) is 0 Å². The van der Waals surface area contributed by atoms with E-state index in [9.17, 15) is 4.79 Å². The van der Waals surface area contributed by atoms with Crippen LogP contribution in [0.4, 0.5) is 0 Å². The van der Waals surface area contributed by atoms with E-state index in [1.165, 1.54) is 11.1 Å². The highest BCUT2D eigenvalue weighted by Crippen LogP contribution is 2.31. The molecule has 0 saturated carbocycles. The Kier molecular flexibility index (Phi) is 6.66. The Bertz CT molecular complexity index is 1300. The fraction of sp³-hybridized carbons (Fsp3) is 0.286. The van der Waals surface area contributed by atoms with E-state index in [-0.39, 0.29) is 5.91 Å². The minimum absolute atomic E-state index is 0.0250. The number of fused-ring (bicyclic) bond motifs is 2. The van der Waals surface area contributed by atoms with Crippen LogP contribution in [0.15, 0.2) is 72.8 Å². The van der Waals surface area contributed by atoms with E-state index in [0.29, 0.717) is 11.6 Å². The Hall–Kier alpha value is -3.15. The van der Waals surface area contributed by atoms with Gasteiger partial charge in [-0.2, -0.15) is 5.10 Å². The first-order valence-electron chi connectivity index (χ1n) is 11.9. The lowest BCUT2D eigenvalue weighted by Crippen LogP contribution is -2.35. The number of aromatic nitrogens is 2. The maximum atomic E-state index is 13.0. The van der Waals surface area contributed by atoms with Gasteiger partial charge in [-0.25, -0.2) is 0 Å². The second kappa shape index (κ2) is 10.00. The van der Waals surface area contributed by atoms with Crippen molar-refractivity contribution in [3.05, 3.63) is 88.9 Å². The third-order valence-corrected chi connectivity index (χ3v) is 6.86. The maximum Gasteiger partial charge on any atom is 0.244 e. The van der Waals surface area contributed by atoms with E-state index < -0.39 is 6.04 Å². The van der Waals surface area contributed by atoms with Crippen LogP contribution in [0.1, 0.15) is 30.5 Å². The zero-order valence-electron chi connectivity index (χ0n) is 19.4. The minimum Gasteiger partial charge on any atom is -0.354 e. The molecule has 1 aliphatic heterocycles. The number of rotatable bonds is 7. The van der Waals surface area contributed by atoms with Gasteiger partial charge in [0.1, 0.15) is 11.7 Å². The zero-order valence-corrected chi connectivity index (χ0v) is 20.1. The van der Waals surface area contributed by atoms with Crippen molar-refractivity contribution < 1.29 is 4.79 Å². The van der Waals surface area contributed by atoms with Gasteiger partial charge < -0.3 is 5.32 Å². The van der Waals surface area contributed by atoms with E-state index in [1.54, 1.807) is 0 Å². The average Bonchev–Trinajstić information content (AvgIpc) is 3.25. The molecule has 0 unspecified atom stereocenters. The van der Waals surface area contributed by atoms with Crippen LogP contribution in [-0.4, -0.2) is 40.2 Å². The summed E-state index contributed by atoms with van der Waals surface area (Å²) in [6, 6.07) is 24.0. The van der Waals surface area contributed by atoms with Crippen molar-refractivity contribution in [1.29, 1.82) is 0 Å². The Labute approximate surface area is 205 Å². The van der Waals surface area contributed by atoms with Gasteiger partial charge in [-0.15, -0.1) is 0 Å². The molecule has 6 heteroatoms. The minimum atomic E-state index is -0.428. The molecule has 0 fully saturated rings. The molecule has 0 spiro atoms. The summed E-state index contributed by atoms with van der Waals surface area (Å²) in [5.41, 5.74) is 5.63. The fourth-order valence-electron chi connectivity index (χ4n) is 4.74. The topological polar surface area (TPSA) is 50.2 Å². The number of carbonyl (C=O) groups excluding carboxylic acids is 1. The molecule has 2 heterocycles. The normalized spacial score (nSPS) is 14.6. The summed E-state index contributed by atoms with van der Waals surface area (Å²) in [4.78, 5) is 15.5. The van der Waals surface area contributed by atoms with Crippen molar-refractivity contribution in [1.82, 2.24) is 20.0 Å². The number of amides is 1. The van der Waals surface area contributed by atoms with Crippen LogP contribution in [-0.2, 0) is 17.8 Å². The quantitative estimate of drug-likeness (QED) is 0.362. The van der Waals surface area contributed by atoms with Crippen molar-refractivity contribution in [3.8, 4) is 11.3 Å². The van der Waals surface area contributed by atoms with Crippen LogP contribution in [0.5, 0.6) is 0 Å². The molecule has 1 aliphatic rings. The van der Waals surface area contributed by atoms with Crippen LogP contribution < -0.4 is 5.32 Å². The van der Waals surface area contributed by atoms with Crippen molar-refractivity contribution >= 4 is 28.4 Å². The van der Waals surface area contributed by atoms with Gasteiger partial charge in [0, 0.05) is 42.2 Å². The Morgan fingerprint density at radius 1 is 1.06 bits per heavy atom. The SMILES string of the molecule is C[C@@H](C(=O)NCCCN1CCc2ccccc2C1)n1nc(-c2ccccc2)c2cc(Cl)ccc21. The molecule has 1 aromatic heterocycles. The molecular weight excluding hydrogens is 444 g/mol. The summed E-state index contributed by atoms with van der Waals surface area (Å²) in [6.07, 6.45) is 2.02. The number of carbonyl (C=O) groups is 1. The van der Waals surface area contributed by atoms with E-state index in [1.807, 2.05) is 60.1 Å². The second-order valence-corrected chi connectivity index (χ2v) is 9.37. The van der Waals surface area contributed by atoms with Crippen LogP contribution in [0.2, 0.25) is 5.02 Å². The van der Waals surface area contributed by atoms with Crippen LogP contribution >= 0.6 is 11.6 Å². The Morgan fingerprint density at radius 3 is 2.65 bits per heavy atom. The van der Waals surface area contributed by atoms with Gasteiger partial charge in [0.05, 0.1) is 5.52 Å². The smallest absolute Gasteiger partial charge is 0.244 e. The summed E-state index contributed by atoms with van der Waals surface area (Å²) in [5, 5.41) is 9.55. The predicted molar refractivity (Wildman–Crippen MR) is 138 cm³/mol. The Balaban J connectivity index is 1.23. The molecule has 3 aromatic carbocycles. The largest absolute Gasteiger partial charge is 0.354 e. The number of benzene rings is 3. The second-order valence-electron chi connectivity index (χ2n) is 8.94. The molecule has 1 atom stereocenters. The highest BCUT2D eigenvalue weighted by molar-refractivity contribution is 6.31. The maximum absolute atomic E-state index is 13.0. The molecule has 0 bridgehead atoms. The van der Waals surface area contributed by atoms with Crippen LogP contribution in [0.3, 0.4) is 0 Å². The average molecular weight is 473 g/mol. The third kappa shape index (κ3) is 4.72. The van der Waals surface area contributed by atoms with E-state index in [2.05, 4.69) is 34.5 Å². The molecule has 4 aromatic rings. The lowest BCUT2D eigenvalue weighted by atomic mass is 10.00. The van der Waals surface area contributed by atoms with Crippen molar-refractivity contribution in [3.63, 3.8) is 0 Å². The molecule has 0 radical (unpaired) electrons. The standard InChI is InChI=1S/C28H29ClN4O/c1-20(28(34)30-15-7-16-32-17-14-21-8-5-6-11-23(21)19-32)33-26-13-12-24(29)18-25(26)27(31-33)22-9-3-2-4-10-22/h2-6,8-13,18,20H,7,14-17,19H2,1H3,(H,30,34)/t20-/m0/s1. The van der Waals surface area contributed by atoms with Crippen molar-refractivity contribution in [2.45, 2.75) is 32.4 Å². The molecule has 5 rings (SSSR count). The van der Waals surface area contributed by atoms with Gasteiger partial charge in [-0.05, 0) is 49.1 Å². The van der Waals surface area contributed by atoms with Crippen LogP contribution in [0, 0.1) is 0 Å². The van der Waals surface area contributed by atoms with Crippen molar-refractivity contribution in [2.75, 3.05) is 19.6 Å². The first-order chi connectivity index (χ1) is 16.6. The summed E-state index contributed by atoms with van der Waals surface area (Å²) in [5.74, 6) is -0.0250. The van der Waals surface area contributed by atoms with E-state index in [4.69, 9.17) is 16.7 Å². The lowest BCUT2D eigenvalue weighted by molar-refractivity contribution is -0.124. The molecule has 5 nitrogen and oxygen atoms in total. The van der Waals surface area contributed by atoms with Gasteiger partial charge in [-0.1, -0.05) is 66.2 Å². The summed E-state index contributed by atoms with van der Waals surface area (Å²) in [6.45, 7) is 5.59. The molecule has 0 saturated heterocycles. The summed E-state index contributed by atoms with van der Waals surface area (Å²) in [7, 11) is 0. The Morgan fingerprint density at radius 2 is 1.82 bits per heavy atom. The zero-order chi connectivity index (χ0) is 23.5. The molecule has 174 valence electrons. The molecule has 0 aliphatic carbocycles. The fourth-order valence-corrected chi connectivity index (χ4v) is 4.91. The van der Waals surface area contributed by atoms with Gasteiger partial charge in [-0.3, -0.25) is 14.4 Å². The third-order valence-electron chi connectivity index (χ3n) is 6.62. The molecule has 1 amide bonds. The first kappa shape index (κ1) is 22.6. The van der Waals surface area contributed by atoms with Gasteiger partial charge >= 0.3 is 0 Å².